The van der Waals surface area contributed by atoms with Gasteiger partial charge in [0.1, 0.15) is 16.9 Å². The highest BCUT2D eigenvalue weighted by atomic mass is 19.1. The van der Waals surface area contributed by atoms with Crippen LogP contribution in [0.3, 0.4) is 0 Å². The lowest BCUT2D eigenvalue weighted by Gasteiger charge is -2.09. The lowest BCUT2D eigenvalue weighted by Crippen LogP contribution is -2.21. The minimum atomic E-state index is -0.396. The molecule has 4 rings (SSSR count). The third kappa shape index (κ3) is 2.78. The summed E-state index contributed by atoms with van der Waals surface area (Å²) in [5, 5.41) is 2.80. The molecule has 0 bridgehead atoms. The average Bonchev–Trinajstić information content (AvgIpc) is 3.15. The van der Waals surface area contributed by atoms with Crippen molar-refractivity contribution in [3.63, 3.8) is 0 Å². The van der Waals surface area contributed by atoms with Crippen LogP contribution in [-0.2, 0) is 0 Å². The Morgan fingerprint density at radius 1 is 1.00 bits per heavy atom. The number of halogens is 1. The summed E-state index contributed by atoms with van der Waals surface area (Å²) in [6.07, 6.45) is 0. The van der Waals surface area contributed by atoms with Crippen LogP contribution in [0.2, 0.25) is 0 Å². The summed E-state index contributed by atoms with van der Waals surface area (Å²) < 4.78 is 24.2. The number of aromatic nitrogens is 2. The van der Waals surface area contributed by atoms with Crippen molar-refractivity contribution < 1.29 is 18.0 Å². The van der Waals surface area contributed by atoms with Gasteiger partial charge in [0.25, 0.3) is 5.91 Å². The van der Waals surface area contributed by atoms with Gasteiger partial charge < -0.3 is 13.7 Å². The molecule has 0 radical (unpaired) electrons. The van der Waals surface area contributed by atoms with E-state index < -0.39 is 5.82 Å². The molecule has 0 fully saturated rings. The van der Waals surface area contributed by atoms with Crippen molar-refractivity contribution in [3.8, 4) is 0 Å². The number of rotatable bonds is 3. The largest absolute Gasteiger partial charge is 0.423 e. The van der Waals surface area contributed by atoms with E-state index in [1.807, 2.05) is 0 Å². The number of oxazole rings is 2. The quantitative estimate of drug-likeness (QED) is 0.614. The van der Waals surface area contributed by atoms with Gasteiger partial charge in [-0.15, -0.1) is 0 Å². The number of hydrogen-bond acceptors (Lipinski definition) is 6. The summed E-state index contributed by atoms with van der Waals surface area (Å²) in [5.41, 5.74) is 2.38. The Balaban J connectivity index is 1.65. The van der Waals surface area contributed by atoms with Crippen molar-refractivity contribution in [1.29, 1.82) is 0 Å². The Kier molecular flexibility index (Phi) is 3.38. The van der Waals surface area contributed by atoms with Crippen LogP contribution in [0, 0.1) is 5.82 Å². The van der Waals surface area contributed by atoms with Crippen LogP contribution in [-0.4, -0.2) is 34.9 Å². The molecule has 0 aliphatic heterocycles. The highest BCUT2D eigenvalue weighted by molar-refractivity contribution is 5.97. The fraction of sp³-hybridized carbons (Fsp3) is 0.118. The van der Waals surface area contributed by atoms with Gasteiger partial charge in [0.15, 0.2) is 11.2 Å². The highest BCUT2D eigenvalue weighted by Crippen LogP contribution is 2.25. The first-order valence-corrected chi connectivity index (χ1v) is 7.45. The molecule has 0 aliphatic carbocycles. The van der Waals surface area contributed by atoms with E-state index in [9.17, 15) is 9.18 Å². The molecule has 0 spiro atoms. The van der Waals surface area contributed by atoms with Gasteiger partial charge in [0.2, 0.25) is 0 Å². The molecule has 4 aromatic rings. The summed E-state index contributed by atoms with van der Waals surface area (Å²) in [6.45, 7) is 0. The van der Waals surface area contributed by atoms with Crippen molar-refractivity contribution in [2.24, 2.45) is 0 Å². The average molecular weight is 340 g/mol. The van der Waals surface area contributed by atoms with Crippen molar-refractivity contribution >= 4 is 40.1 Å². The zero-order valence-corrected chi connectivity index (χ0v) is 13.4. The Hall–Kier alpha value is -3.42. The number of anilines is 2. The summed E-state index contributed by atoms with van der Waals surface area (Å²) in [6, 6.07) is 9.35. The van der Waals surface area contributed by atoms with Gasteiger partial charge in [-0.3, -0.25) is 10.1 Å². The fourth-order valence-corrected chi connectivity index (χ4v) is 2.42. The number of benzene rings is 2. The Labute approximate surface area is 141 Å². The van der Waals surface area contributed by atoms with Gasteiger partial charge in [0.05, 0.1) is 0 Å². The molecule has 25 heavy (non-hydrogen) atoms. The number of hydrogen-bond donors (Lipinski definition) is 1. The van der Waals surface area contributed by atoms with E-state index in [1.54, 1.807) is 32.3 Å². The van der Waals surface area contributed by atoms with Crippen LogP contribution in [0.1, 0.15) is 10.4 Å². The summed E-state index contributed by atoms with van der Waals surface area (Å²) in [5.74, 6) is -0.521. The van der Waals surface area contributed by atoms with Gasteiger partial charge >= 0.3 is 12.0 Å². The predicted octanol–water partition coefficient (Wildman–Crippen LogP) is 3.55. The zero-order chi connectivity index (χ0) is 17.6. The van der Waals surface area contributed by atoms with E-state index in [1.165, 1.54) is 23.1 Å². The van der Waals surface area contributed by atoms with E-state index in [2.05, 4.69) is 15.3 Å². The van der Waals surface area contributed by atoms with Crippen molar-refractivity contribution in [3.05, 3.63) is 47.8 Å². The second kappa shape index (κ2) is 5.59. The smallest absolute Gasteiger partial charge is 0.303 e. The Bertz CT molecular complexity index is 1100. The van der Waals surface area contributed by atoms with Crippen LogP contribution in [0.25, 0.3) is 22.2 Å². The third-order valence-corrected chi connectivity index (χ3v) is 3.60. The molecule has 7 nitrogen and oxygen atoms in total. The van der Waals surface area contributed by atoms with Crippen molar-refractivity contribution in [1.82, 2.24) is 14.9 Å². The molecular formula is C17H13FN4O3. The third-order valence-electron chi connectivity index (χ3n) is 3.60. The number of fused-ring (bicyclic) bond motifs is 2. The first kappa shape index (κ1) is 15.1. The molecule has 0 saturated heterocycles. The molecule has 1 N–H and O–H groups in total. The minimum Gasteiger partial charge on any atom is -0.423 e. The Morgan fingerprint density at radius 3 is 2.24 bits per heavy atom. The maximum atomic E-state index is 13.2. The van der Waals surface area contributed by atoms with Crippen LogP contribution in [0.15, 0.2) is 45.2 Å². The normalized spacial score (nSPS) is 11.2. The van der Waals surface area contributed by atoms with Crippen LogP contribution in [0.4, 0.5) is 16.4 Å². The van der Waals surface area contributed by atoms with Crippen molar-refractivity contribution in [2.75, 3.05) is 19.4 Å². The molecule has 2 heterocycles. The Morgan fingerprint density at radius 2 is 1.60 bits per heavy atom. The molecule has 1 amide bonds. The topological polar surface area (TPSA) is 84.4 Å². The summed E-state index contributed by atoms with van der Waals surface area (Å²) in [4.78, 5) is 21.9. The second-order valence-corrected chi connectivity index (χ2v) is 5.66. The van der Waals surface area contributed by atoms with E-state index in [0.717, 1.165) is 0 Å². The maximum Gasteiger partial charge on any atom is 0.303 e. The number of nitrogens with one attached hydrogen (secondary N) is 1. The lowest BCUT2D eigenvalue weighted by atomic mass is 10.2. The van der Waals surface area contributed by atoms with Crippen molar-refractivity contribution in [2.45, 2.75) is 0 Å². The highest BCUT2D eigenvalue weighted by Gasteiger charge is 2.14. The molecule has 0 atom stereocenters. The second-order valence-electron chi connectivity index (χ2n) is 5.66. The van der Waals surface area contributed by atoms with Crippen LogP contribution < -0.4 is 5.32 Å². The van der Waals surface area contributed by atoms with Crippen LogP contribution >= 0.6 is 0 Å². The molecular weight excluding hydrogens is 327 g/mol. The summed E-state index contributed by atoms with van der Waals surface area (Å²) in [7, 11) is 3.36. The molecule has 0 saturated carbocycles. The fourth-order valence-electron chi connectivity index (χ4n) is 2.42. The first-order valence-electron chi connectivity index (χ1n) is 7.45. The lowest BCUT2D eigenvalue weighted by molar-refractivity contribution is 0.0827. The number of carbonyl (C=O) groups is 1. The molecule has 126 valence electrons. The molecule has 0 unspecified atom stereocenters. The standard InChI is InChI=1S/C17H13FN4O3/c1-22(2)15(23)9-3-5-13-11(7-9)19-16(24-13)21-17-20-12-8-10(18)4-6-14(12)25-17/h3-8H,1-2H3,(H,19,20,21). The predicted molar refractivity (Wildman–Crippen MR) is 89.3 cm³/mol. The number of amides is 1. The van der Waals surface area contributed by atoms with Gasteiger partial charge in [0, 0.05) is 25.7 Å². The van der Waals surface area contributed by atoms with Crippen LogP contribution in [0.5, 0.6) is 0 Å². The first-order chi connectivity index (χ1) is 12.0. The van der Waals surface area contributed by atoms with E-state index >= 15 is 0 Å². The molecule has 8 heteroatoms. The minimum absolute atomic E-state index is 0.125. The van der Waals surface area contributed by atoms with Gasteiger partial charge in [-0.2, -0.15) is 9.97 Å². The van der Waals surface area contributed by atoms with Gasteiger partial charge in [-0.05, 0) is 30.3 Å². The number of carbonyl (C=O) groups excluding carboxylic acids is 1. The van der Waals surface area contributed by atoms with Gasteiger partial charge in [-0.25, -0.2) is 4.39 Å². The van der Waals surface area contributed by atoms with E-state index in [0.29, 0.717) is 27.8 Å². The monoisotopic (exact) mass is 340 g/mol. The molecule has 2 aromatic heterocycles. The van der Waals surface area contributed by atoms with Gasteiger partial charge in [-0.1, -0.05) is 0 Å². The maximum absolute atomic E-state index is 13.2. The molecule has 0 aliphatic rings. The van der Waals surface area contributed by atoms with E-state index in [4.69, 9.17) is 8.83 Å². The molecule has 2 aromatic carbocycles. The SMILES string of the molecule is CN(C)C(=O)c1ccc2oc(Nc3nc4cc(F)ccc4o3)nc2c1. The van der Waals surface area contributed by atoms with E-state index in [-0.39, 0.29) is 17.9 Å². The number of nitrogens with zero attached hydrogens (tertiary/aromatic N) is 3. The summed E-state index contributed by atoms with van der Waals surface area (Å²) >= 11 is 0. The zero-order valence-electron chi connectivity index (χ0n) is 13.4.